The standard InChI is InChI=1S/C15H17F3N4O2/c16-15(17,18)10-21-5-3-11(4-6-21)9-20-13-1-2-14(22(23)24)12(7-13)8-19/h1-2,7,11,20H,3-6,9-10H2. The number of nitro benzene ring substituents is 1. The van der Waals surface area contributed by atoms with Gasteiger partial charge in [-0.25, -0.2) is 0 Å². The second-order valence-electron chi connectivity index (χ2n) is 5.82. The summed E-state index contributed by atoms with van der Waals surface area (Å²) in [5.41, 5.74) is 0.323. The molecule has 1 fully saturated rings. The van der Waals surface area contributed by atoms with Crippen LogP contribution in [0.4, 0.5) is 24.5 Å². The molecule has 6 nitrogen and oxygen atoms in total. The van der Waals surface area contributed by atoms with Gasteiger partial charge in [0, 0.05) is 18.3 Å². The van der Waals surface area contributed by atoms with Crippen LogP contribution in [0.1, 0.15) is 18.4 Å². The Morgan fingerprint density at radius 3 is 2.58 bits per heavy atom. The average molecular weight is 342 g/mol. The van der Waals surface area contributed by atoms with Gasteiger partial charge in [-0.05, 0) is 44.0 Å². The van der Waals surface area contributed by atoms with Gasteiger partial charge in [-0.3, -0.25) is 15.0 Å². The van der Waals surface area contributed by atoms with Crippen molar-refractivity contribution in [2.75, 3.05) is 31.5 Å². The van der Waals surface area contributed by atoms with Gasteiger partial charge in [0.25, 0.3) is 5.69 Å². The molecule has 0 aromatic heterocycles. The number of nitrogens with one attached hydrogen (secondary N) is 1. The van der Waals surface area contributed by atoms with Crippen molar-refractivity contribution in [1.29, 1.82) is 5.26 Å². The Labute approximate surface area is 137 Å². The Bertz CT molecular complexity index is 635. The summed E-state index contributed by atoms with van der Waals surface area (Å²) in [4.78, 5) is 11.6. The SMILES string of the molecule is N#Cc1cc(NCC2CCN(CC(F)(F)F)CC2)ccc1[N+](=O)[O-]. The van der Waals surface area contributed by atoms with Crippen molar-refractivity contribution in [2.24, 2.45) is 5.92 Å². The number of anilines is 1. The summed E-state index contributed by atoms with van der Waals surface area (Å²) in [6, 6.07) is 6.00. The van der Waals surface area contributed by atoms with Gasteiger partial charge in [0.05, 0.1) is 11.5 Å². The van der Waals surface area contributed by atoms with E-state index in [1.54, 1.807) is 6.07 Å². The molecule has 0 atom stereocenters. The van der Waals surface area contributed by atoms with Gasteiger partial charge in [-0.1, -0.05) is 0 Å². The second kappa shape index (κ2) is 7.49. The van der Waals surface area contributed by atoms with Crippen LogP contribution in [0, 0.1) is 27.4 Å². The fourth-order valence-electron chi connectivity index (χ4n) is 2.76. The Hall–Kier alpha value is -2.34. The molecule has 2 rings (SSSR count). The normalized spacial score (nSPS) is 16.6. The lowest BCUT2D eigenvalue weighted by Crippen LogP contribution is -2.41. The number of rotatable bonds is 5. The minimum atomic E-state index is -4.17. The number of nitro groups is 1. The Morgan fingerprint density at radius 1 is 1.38 bits per heavy atom. The molecule has 0 saturated carbocycles. The highest BCUT2D eigenvalue weighted by atomic mass is 19.4. The van der Waals surface area contributed by atoms with Gasteiger partial charge in [-0.2, -0.15) is 18.4 Å². The Balaban J connectivity index is 1.85. The lowest BCUT2D eigenvalue weighted by Gasteiger charge is -2.32. The van der Waals surface area contributed by atoms with Crippen molar-refractivity contribution < 1.29 is 18.1 Å². The van der Waals surface area contributed by atoms with E-state index in [0.717, 1.165) is 0 Å². The molecule has 1 saturated heterocycles. The van der Waals surface area contributed by atoms with Crippen molar-refractivity contribution in [3.63, 3.8) is 0 Å². The summed E-state index contributed by atoms with van der Waals surface area (Å²) >= 11 is 0. The lowest BCUT2D eigenvalue weighted by atomic mass is 9.96. The zero-order valence-electron chi connectivity index (χ0n) is 12.8. The molecule has 1 aromatic carbocycles. The first kappa shape index (κ1) is 18.0. The van der Waals surface area contributed by atoms with Crippen molar-refractivity contribution in [3.8, 4) is 6.07 Å². The van der Waals surface area contributed by atoms with Crippen molar-refractivity contribution in [2.45, 2.75) is 19.0 Å². The fraction of sp³-hybridized carbons (Fsp3) is 0.533. The number of hydrogen-bond acceptors (Lipinski definition) is 5. The number of hydrogen-bond donors (Lipinski definition) is 1. The van der Waals surface area contributed by atoms with Crippen LogP contribution in [0.25, 0.3) is 0 Å². The van der Waals surface area contributed by atoms with E-state index in [-0.39, 0.29) is 17.2 Å². The summed E-state index contributed by atoms with van der Waals surface area (Å²) in [5.74, 6) is 0.232. The van der Waals surface area contributed by atoms with E-state index in [0.29, 0.717) is 38.2 Å². The predicted octanol–water partition coefficient (Wildman–Crippen LogP) is 3.15. The van der Waals surface area contributed by atoms with Crippen molar-refractivity contribution in [3.05, 3.63) is 33.9 Å². The van der Waals surface area contributed by atoms with E-state index in [4.69, 9.17) is 5.26 Å². The molecule has 0 amide bonds. The van der Waals surface area contributed by atoms with E-state index in [1.165, 1.54) is 23.1 Å². The van der Waals surface area contributed by atoms with Gasteiger partial charge in [0.2, 0.25) is 0 Å². The van der Waals surface area contributed by atoms with Crippen LogP contribution in [0.2, 0.25) is 0 Å². The van der Waals surface area contributed by atoms with Crippen LogP contribution in [-0.4, -0.2) is 42.2 Å². The maximum absolute atomic E-state index is 12.3. The summed E-state index contributed by atoms with van der Waals surface area (Å²) in [6.07, 6.45) is -2.86. The zero-order chi connectivity index (χ0) is 17.7. The van der Waals surface area contributed by atoms with Crippen LogP contribution in [0.15, 0.2) is 18.2 Å². The predicted molar refractivity (Wildman–Crippen MR) is 81.5 cm³/mol. The van der Waals surface area contributed by atoms with Crippen molar-refractivity contribution in [1.82, 2.24) is 4.90 Å². The van der Waals surface area contributed by atoms with E-state index >= 15 is 0 Å². The largest absolute Gasteiger partial charge is 0.401 e. The van der Waals surface area contributed by atoms with Crippen LogP contribution < -0.4 is 5.32 Å². The molecule has 24 heavy (non-hydrogen) atoms. The molecule has 130 valence electrons. The lowest BCUT2D eigenvalue weighted by molar-refractivity contribution is -0.385. The molecule has 1 heterocycles. The first-order valence-electron chi connectivity index (χ1n) is 7.50. The number of benzene rings is 1. The highest BCUT2D eigenvalue weighted by Crippen LogP contribution is 2.25. The van der Waals surface area contributed by atoms with E-state index < -0.39 is 17.6 Å². The number of likely N-dealkylation sites (tertiary alicyclic amines) is 1. The summed E-state index contributed by atoms with van der Waals surface area (Å²) < 4.78 is 37.0. The highest BCUT2D eigenvalue weighted by Gasteiger charge is 2.32. The van der Waals surface area contributed by atoms with Crippen molar-refractivity contribution >= 4 is 11.4 Å². The summed E-state index contributed by atoms with van der Waals surface area (Å²) in [5, 5.41) is 22.8. The molecule has 0 unspecified atom stereocenters. The van der Waals surface area contributed by atoms with Gasteiger partial charge in [0.1, 0.15) is 11.6 Å². The Kier molecular flexibility index (Phi) is 5.62. The smallest absolute Gasteiger partial charge is 0.385 e. The molecule has 1 aliphatic heterocycles. The third kappa shape index (κ3) is 5.09. The number of alkyl halides is 3. The monoisotopic (exact) mass is 342 g/mol. The quantitative estimate of drug-likeness (QED) is 0.656. The third-order valence-corrected chi connectivity index (χ3v) is 4.02. The van der Waals surface area contributed by atoms with Crippen LogP contribution in [0.3, 0.4) is 0 Å². The molecule has 0 bridgehead atoms. The molecule has 0 spiro atoms. The van der Waals surface area contributed by atoms with E-state index in [2.05, 4.69) is 5.32 Å². The Morgan fingerprint density at radius 2 is 2.04 bits per heavy atom. The summed E-state index contributed by atoms with van der Waals surface area (Å²) in [7, 11) is 0. The molecular formula is C15H17F3N4O2. The molecule has 9 heteroatoms. The van der Waals surface area contributed by atoms with Crippen LogP contribution in [-0.2, 0) is 0 Å². The minimum absolute atomic E-state index is 0.0232. The zero-order valence-corrected chi connectivity index (χ0v) is 12.8. The first-order chi connectivity index (χ1) is 11.3. The molecule has 1 aromatic rings. The average Bonchev–Trinajstić information content (AvgIpc) is 2.52. The maximum Gasteiger partial charge on any atom is 0.401 e. The van der Waals surface area contributed by atoms with Gasteiger partial charge in [-0.15, -0.1) is 0 Å². The topological polar surface area (TPSA) is 82.2 Å². The molecule has 1 aliphatic rings. The first-order valence-corrected chi connectivity index (χ1v) is 7.50. The number of nitriles is 1. The minimum Gasteiger partial charge on any atom is -0.385 e. The highest BCUT2D eigenvalue weighted by molar-refractivity contribution is 5.58. The van der Waals surface area contributed by atoms with Gasteiger partial charge >= 0.3 is 6.18 Å². The maximum atomic E-state index is 12.3. The molecule has 0 radical (unpaired) electrons. The second-order valence-corrected chi connectivity index (χ2v) is 5.82. The van der Waals surface area contributed by atoms with E-state index in [1.807, 2.05) is 0 Å². The third-order valence-electron chi connectivity index (χ3n) is 4.02. The van der Waals surface area contributed by atoms with Gasteiger partial charge < -0.3 is 5.32 Å². The molecule has 1 N–H and O–H groups in total. The van der Waals surface area contributed by atoms with Crippen LogP contribution >= 0.6 is 0 Å². The van der Waals surface area contributed by atoms with Gasteiger partial charge in [0.15, 0.2) is 0 Å². The molecule has 0 aliphatic carbocycles. The number of halogens is 3. The van der Waals surface area contributed by atoms with E-state index in [9.17, 15) is 23.3 Å². The van der Waals surface area contributed by atoms with Crippen LogP contribution in [0.5, 0.6) is 0 Å². The summed E-state index contributed by atoms with van der Waals surface area (Å²) in [6.45, 7) is 0.481. The number of nitrogens with zero attached hydrogens (tertiary/aromatic N) is 3. The molecular weight excluding hydrogens is 325 g/mol. The number of piperidine rings is 1. The fourth-order valence-corrected chi connectivity index (χ4v) is 2.76.